The average Bonchev–Trinajstić information content (AvgIpc) is 2.60. The van der Waals surface area contributed by atoms with Crippen molar-refractivity contribution in [2.24, 2.45) is 5.73 Å². The molecule has 15 heavy (non-hydrogen) atoms. The molecule has 6 heteroatoms. The summed E-state index contributed by atoms with van der Waals surface area (Å²) in [5.41, 5.74) is 6.18. The molecule has 3 N–H and O–H groups in total. The first-order valence-corrected chi connectivity index (χ1v) is 5.44. The van der Waals surface area contributed by atoms with Crippen LogP contribution in [0.4, 0.5) is 0 Å². The number of carbonyl (C=O) groups excluding carboxylic acids is 1. The van der Waals surface area contributed by atoms with Gasteiger partial charge in [0.25, 0.3) is 5.91 Å². The van der Waals surface area contributed by atoms with E-state index in [1.807, 2.05) is 0 Å². The van der Waals surface area contributed by atoms with E-state index >= 15 is 0 Å². The van der Waals surface area contributed by atoms with Crippen molar-refractivity contribution >= 4 is 17.2 Å². The lowest BCUT2D eigenvalue weighted by molar-refractivity contribution is 0.0940. The number of hydrogen-bond acceptors (Lipinski definition) is 5. The first kappa shape index (κ1) is 12.1. The summed E-state index contributed by atoms with van der Waals surface area (Å²) in [5.74, 6) is -0.109. The average molecular weight is 229 g/mol. The molecule has 1 aromatic heterocycles. The maximum absolute atomic E-state index is 11.6. The zero-order chi connectivity index (χ0) is 11.3. The molecule has 0 aliphatic rings. The topological polar surface area (TPSA) is 77.2 Å². The molecule has 0 radical (unpaired) electrons. The van der Waals surface area contributed by atoms with Gasteiger partial charge < -0.3 is 15.8 Å². The van der Waals surface area contributed by atoms with Crippen LogP contribution in [0.2, 0.25) is 0 Å². The van der Waals surface area contributed by atoms with E-state index in [2.05, 4.69) is 10.3 Å². The number of aryl methyl sites for hydroxylation is 1. The molecule has 1 rings (SSSR count). The molecule has 0 aliphatic carbocycles. The van der Waals surface area contributed by atoms with Crippen molar-refractivity contribution in [3.05, 3.63) is 15.6 Å². The van der Waals surface area contributed by atoms with Crippen LogP contribution in [0.3, 0.4) is 0 Å². The summed E-state index contributed by atoms with van der Waals surface area (Å²) in [6.45, 7) is 3.19. The Morgan fingerprint density at radius 2 is 2.40 bits per heavy atom. The fourth-order valence-electron chi connectivity index (χ4n) is 1.10. The molecule has 0 saturated carbocycles. The zero-order valence-corrected chi connectivity index (χ0v) is 9.69. The van der Waals surface area contributed by atoms with Crippen LogP contribution in [0.1, 0.15) is 20.4 Å². The third kappa shape index (κ3) is 3.26. The quantitative estimate of drug-likeness (QED) is 0.711. The number of amides is 1. The summed E-state index contributed by atoms with van der Waals surface area (Å²) in [7, 11) is 1.59. The van der Waals surface area contributed by atoms with Crippen LogP contribution in [0, 0.1) is 6.92 Å². The predicted molar refractivity (Wildman–Crippen MR) is 59.0 cm³/mol. The van der Waals surface area contributed by atoms with E-state index < -0.39 is 0 Å². The first-order chi connectivity index (χ1) is 7.19. The van der Waals surface area contributed by atoms with Gasteiger partial charge in [0.2, 0.25) is 0 Å². The number of methoxy groups -OCH3 is 1. The summed E-state index contributed by atoms with van der Waals surface area (Å²) < 4.78 is 4.84. The lowest BCUT2D eigenvalue weighted by atomic mass is 10.4. The molecule has 1 heterocycles. The van der Waals surface area contributed by atoms with Crippen LogP contribution in [-0.4, -0.2) is 31.2 Å². The number of rotatable bonds is 5. The number of nitrogens with one attached hydrogen (secondary N) is 1. The minimum Gasteiger partial charge on any atom is -0.383 e. The minimum absolute atomic E-state index is 0.109. The number of thiazole rings is 1. The Morgan fingerprint density at radius 1 is 1.67 bits per heavy atom. The van der Waals surface area contributed by atoms with E-state index in [-0.39, 0.29) is 5.91 Å². The largest absolute Gasteiger partial charge is 0.383 e. The van der Waals surface area contributed by atoms with Gasteiger partial charge in [-0.25, -0.2) is 4.98 Å². The van der Waals surface area contributed by atoms with E-state index in [0.29, 0.717) is 24.6 Å². The summed E-state index contributed by atoms with van der Waals surface area (Å²) in [4.78, 5) is 16.4. The summed E-state index contributed by atoms with van der Waals surface area (Å²) in [6.07, 6.45) is 0. The van der Waals surface area contributed by atoms with Crippen molar-refractivity contribution in [1.29, 1.82) is 0 Å². The maximum atomic E-state index is 11.6. The van der Waals surface area contributed by atoms with Crippen LogP contribution in [0.25, 0.3) is 0 Å². The second-order valence-electron chi connectivity index (χ2n) is 2.97. The Kier molecular flexibility index (Phi) is 4.67. The number of ether oxygens (including phenoxy) is 1. The Labute approximate surface area is 92.6 Å². The Bertz CT molecular complexity index is 338. The number of hydrogen-bond donors (Lipinski definition) is 2. The summed E-state index contributed by atoms with van der Waals surface area (Å²) in [6, 6.07) is 0. The lowest BCUT2D eigenvalue weighted by Gasteiger charge is -2.02. The molecular weight excluding hydrogens is 214 g/mol. The van der Waals surface area contributed by atoms with Crippen LogP contribution >= 0.6 is 11.3 Å². The van der Waals surface area contributed by atoms with E-state index in [4.69, 9.17) is 10.5 Å². The highest BCUT2D eigenvalue weighted by Gasteiger charge is 2.13. The van der Waals surface area contributed by atoms with Gasteiger partial charge in [0.05, 0.1) is 12.3 Å². The molecule has 0 bridgehead atoms. The SMILES string of the molecule is COCCNC(=O)c1sc(CN)nc1C. The lowest BCUT2D eigenvalue weighted by Crippen LogP contribution is -2.26. The normalized spacial score (nSPS) is 10.3. The van der Waals surface area contributed by atoms with Crippen molar-refractivity contribution in [1.82, 2.24) is 10.3 Å². The Balaban J connectivity index is 2.60. The van der Waals surface area contributed by atoms with Crippen LogP contribution in [-0.2, 0) is 11.3 Å². The number of nitrogens with zero attached hydrogens (tertiary/aromatic N) is 1. The molecule has 1 aromatic rings. The van der Waals surface area contributed by atoms with Crippen molar-refractivity contribution in [3.8, 4) is 0 Å². The second-order valence-corrected chi connectivity index (χ2v) is 4.06. The fourth-order valence-corrected chi connectivity index (χ4v) is 1.96. The molecule has 0 unspecified atom stereocenters. The Hall–Kier alpha value is -0.980. The molecule has 5 nitrogen and oxygen atoms in total. The van der Waals surface area contributed by atoms with Gasteiger partial charge >= 0.3 is 0 Å². The van der Waals surface area contributed by atoms with E-state index in [1.54, 1.807) is 14.0 Å². The third-order valence-electron chi connectivity index (χ3n) is 1.81. The van der Waals surface area contributed by atoms with Gasteiger partial charge in [0.15, 0.2) is 0 Å². The fraction of sp³-hybridized carbons (Fsp3) is 0.556. The Morgan fingerprint density at radius 3 is 2.93 bits per heavy atom. The number of nitrogens with two attached hydrogens (primary N) is 1. The third-order valence-corrected chi connectivity index (χ3v) is 2.99. The van der Waals surface area contributed by atoms with Crippen molar-refractivity contribution in [2.75, 3.05) is 20.3 Å². The van der Waals surface area contributed by atoms with Gasteiger partial charge in [-0.1, -0.05) is 0 Å². The molecule has 1 amide bonds. The van der Waals surface area contributed by atoms with E-state index in [9.17, 15) is 4.79 Å². The maximum Gasteiger partial charge on any atom is 0.263 e. The second kappa shape index (κ2) is 5.79. The first-order valence-electron chi connectivity index (χ1n) is 4.62. The molecule has 0 fully saturated rings. The highest BCUT2D eigenvalue weighted by Crippen LogP contribution is 2.17. The summed E-state index contributed by atoms with van der Waals surface area (Å²) >= 11 is 1.34. The van der Waals surface area contributed by atoms with Gasteiger partial charge in [0, 0.05) is 20.2 Å². The highest BCUT2D eigenvalue weighted by atomic mass is 32.1. The molecule has 0 spiro atoms. The van der Waals surface area contributed by atoms with Gasteiger partial charge in [0.1, 0.15) is 9.88 Å². The van der Waals surface area contributed by atoms with Crippen molar-refractivity contribution in [2.45, 2.75) is 13.5 Å². The van der Waals surface area contributed by atoms with Gasteiger partial charge in [-0.15, -0.1) is 11.3 Å². The van der Waals surface area contributed by atoms with E-state index in [1.165, 1.54) is 11.3 Å². The molecular formula is C9H15N3O2S. The molecule has 84 valence electrons. The molecule has 0 saturated heterocycles. The van der Waals surface area contributed by atoms with Crippen LogP contribution in [0.15, 0.2) is 0 Å². The van der Waals surface area contributed by atoms with Gasteiger partial charge in [-0.05, 0) is 6.92 Å². The monoisotopic (exact) mass is 229 g/mol. The number of carbonyl (C=O) groups is 1. The molecule has 0 aromatic carbocycles. The molecule has 0 atom stereocenters. The van der Waals surface area contributed by atoms with Gasteiger partial charge in [-0.3, -0.25) is 4.79 Å². The van der Waals surface area contributed by atoms with Crippen LogP contribution < -0.4 is 11.1 Å². The van der Waals surface area contributed by atoms with Crippen LogP contribution in [0.5, 0.6) is 0 Å². The highest BCUT2D eigenvalue weighted by molar-refractivity contribution is 7.13. The van der Waals surface area contributed by atoms with Crippen molar-refractivity contribution in [3.63, 3.8) is 0 Å². The minimum atomic E-state index is -0.109. The van der Waals surface area contributed by atoms with Crippen molar-refractivity contribution < 1.29 is 9.53 Å². The summed E-state index contributed by atoms with van der Waals surface area (Å²) in [5, 5.41) is 3.53. The molecule has 0 aliphatic heterocycles. The zero-order valence-electron chi connectivity index (χ0n) is 8.87. The standard InChI is InChI=1S/C9H15N3O2S/c1-6-8(15-7(5-10)12-6)9(13)11-3-4-14-2/h3-5,10H2,1-2H3,(H,11,13). The number of aromatic nitrogens is 1. The smallest absolute Gasteiger partial charge is 0.263 e. The predicted octanol–water partition coefficient (Wildman–Crippen LogP) is 0.286. The van der Waals surface area contributed by atoms with Gasteiger partial charge in [-0.2, -0.15) is 0 Å². The van der Waals surface area contributed by atoms with E-state index in [0.717, 1.165) is 10.7 Å².